The van der Waals surface area contributed by atoms with E-state index in [0.717, 1.165) is 24.8 Å². The number of halogens is 3. The zero-order valence-corrected chi connectivity index (χ0v) is 24.4. The molecule has 3 N–H and O–H groups in total. The summed E-state index contributed by atoms with van der Waals surface area (Å²) in [7, 11) is -4.40. The summed E-state index contributed by atoms with van der Waals surface area (Å²) in [6.07, 6.45) is -1.04. The Balaban J connectivity index is 2.14. The second kappa shape index (κ2) is 11.6. The summed E-state index contributed by atoms with van der Waals surface area (Å²) in [5.74, 6) is -5.07. The Morgan fingerprint density at radius 2 is 1.78 bits per heavy atom. The second-order valence-corrected chi connectivity index (χ2v) is 13.1. The number of hydrogen-bond acceptors (Lipinski definition) is 8. The minimum Gasteiger partial charge on any atom is -0.444 e. The smallest absolute Gasteiger partial charge is 0.408 e. The summed E-state index contributed by atoms with van der Waals surface area (Å²) >= 11 is 5.96. The molecule has 0 saturated carbocycles. The standard InChI is InChI=1S/C26H29ClF2N4O7S/c1-25(2,3)39-24(36)31-18-13-41(37,38)20-11-17(28)16(21(30)32-40-23(35)26(4,5)29)10-19(20)33(22(18)34)12-14-6-8-15(27)9-7-14/h6-11,18H,12-13H2,1-5H3,(H2,30,32)(H,31,36)/t18-/m0/s1. The third-order valence-electron chi connectivity index (χ3n) is 5.56. The number of carbonyl (C=O) groups is 3. The van der Waals surface area contributed by atoms with Crippen molar-refractivity contribution in [1.82, 2.24) is 5.32 Å². The van der Waals surface area contributed by atoms with Crippen LogP contribution in [0.4, 0.5) is 19.3 Å². The highest BCUT2D eigenvalue weighted by Gasteiger charge is 2.40. The number of hydrogen-bond donors (Lipinski definition) is 2. The molecule has 0 aromatic heterocycles. The number of alkyl carbamates (subject to hydrolysis) is 1. The van der Waals surface area contributed by atoms with Gasteiger partial charge in [0.05, 0.1) is 28.4 Å². The third-order valence-corrected chi connectivity index (χ3v) is 7.58. The van der Waals surface area contributed by atoms with Crippen molar-refractivity contribution in [3.63, 3.8) is 0 Å². The number of ether oxygens (including phenoxy) is 1. The van der Waals surface area contributed by atoms with E-state index in [-0.39, 0.29) is 12.2 Å². The van der Waals surface area contributed by atoms with Gasteiger partial charge in [-0.15, -0.1) is 0 Å². The van der Waals surface area contributed by atoms with E-state index in [0.29, 0.717) is 16.7 Å². The summed E-state index contributed by atoms with van der Waals surface area (Å²) < 4.78 is 61.0. The van der Waals surface area contributed by atoms with Crippen LogP contribution >= 0.6 is 11.6 Å². The second-order valence-electron chi connectivity index (χ2n) is 10.7. The number of benzene rings is 2. The molecular formula is C26H29ClF2N4O7S. The van der Waals surface area contributed by atoms with Gasteiger partial charge in [-0.25, -0.2) is 26.8 Å². The number of fused-ring (bicyclic) bond motifs is 1. The lowest BCUT2D eigenvalue weighted by Gasteiger charge is -2.27. The van der Waals surface area contributed by atoms with E-state index in [1.807, 2.05) is 0 Å². The average Bonchev–Trinajstić information content (AvgIpc) is 2.90. The fourth-order valence-corrected chi connectivity index (χ4v) is 5.37. The Morgan fingerprint density at radius 3 is 2.34 bits per heavy atom. The van der Waals surface area contributed by atoms with E-state index in [9.17, 15) is 27.2 Å². The van der Waals surface area contributed by atoms with Crippen LogP contribution < -0.4 is 16.0 Å². The van der Waals surface area contributed by atoms with E-state index < -0.39 is 73.0 Å². The molecule has 0 aliphatic carbocycles. The Kier molecular flexibility index (Phi) is 8.99. The molecule has 2 amide bonds. The summed E-state index contributed by atoms with van der Waals surface area (Å²) in [4.78, 5) is 42.9. The molecule has 0 fully saturated rings. The molecule has 41 heavy (non-hydrogen) atoms. The van der Waals surface area contributed by atoms with Gasteiger partial charge in [0, 0.05) is 5.02 Å². The summed E-state index contributed by atoms with van der Waals surface area (Å²) in [6.45, 7) is 6.36. The van der Waals surface area contributed by atoms with Crippen LogP contribution in [0.15, 0.2) is 46.4 Å². The van der Waals surface area contributed by atoms with E-state index in [1.165, 1.54) is 0 Å². The highest BCUT2D eigenvalue weighted by Crippen LogP contribution is 2.34. The Morgan fingerprint density at radius 1 is 1.17 bits per heavy atom. The van der Waals surface area contributed by atoms with Crippen molar-refractivity contribution in [3.8, 4) is 0 Å². The zero-order valence-electron chi connectivity index (χ0n) is 22.8. The van der Waals surface area contributed by atoms with Crippen molar-refractivity contribution >= 4 is 50.9 Å². The number of carbonyl (C=O) groups excluding carboxylic acids is 3. The monoisotopic (exact) mass is 614 g/mol. The van der Waals surface area contributed by atoms with Crippen molar-refractivity contribution in [3.05, 3.63) is 58.4 Å². The van der Waals surface area contributed by atoms with Gasteiger partial charge in [0.1, 0.15) is 17.5 Å². The van der Waals surface area contributed by atoms with Crippen molar-refractivity contribution in [2.75, 3.05) is 10.7 Å². The van der Waals surface area contributed by atoms with Gasteiger partial charge in [-0.2, -0.15) is 0 Å². The quantitative estimate of drug-likeness (QED) is 0.216. The number of anilines is 1. The highest BCUT2D eigenvalue weighted by atomic mass is 35.5. The Bertz CT molecular complexity index is 1500. The maximum Gasteiger partial charge on any atom is 0.408 e. The van der Waals surface area contributed by atoms with Crippen LogP contribution in [0.5, 0.6) is 0 Å². The maximum atomic E-state index is 15.2. The van der Waals surface area contributed by atoms with E-state index >= 15 is 4.39 Å². The number of rotatable bonds is 6. The lowest BCUT2D eigenvalue weighted by molar-refractivity contribution is -0.155. The van der Waals surface area contributed by atoms with Crippen LogP contribution in [0, 0.1) is 5.82 Å². The van der Waals surface area contributed by atoms with Gasteiger partial charge in [0.25, 0.3) is 5.91 Å². The number of nitrogens with one attached hydrogen (secondary N) is 1. The lowest BCUT2D eigenvalue weighted by atomic mass is 10.1. The van der Waals surface area contributed by atoms with Gasteiger partial charge < -0.3 is 25.5 Å². The van der Waals surface area contributed by atoms with Crippen molar-refractivity contribution in [2.24, 2.45) is 10.9 Å². The number of sulfone groups is 1. The normalized spacial score (nSPS) is 17.4. The predicted octanol–water partition coefficient (Wildman–Crippen LogP) is 3.60. The average molecular weight is 615 g/mol. The number of oxime groups is 1. The molecule has 0 radical (unpaired) electrons. The number of nitrogens with two attached hydrogens (primary N) is 1. The first-order chi connectivity index (χ1) is 18.8. The molecule has 1 heterocycles. The largest absolute Gasteiger partial charge is 0.444 e. The zero-order chi connectivity index (χ0) is 30.9. The van der Waals surface area contributed by atoms with Crippen molar-refractivity contribution < 1.29 is 41.2 Å². The van der Waals surface area contributed by atoms with Crippen LogP contribution in [0.3, 0.4) is 0 Å². The van der Waals surface area contributed by atoms with Gasteiger partial charge in [0.15, 0.2) is 15.7 Å². The first-order valence-corrected chi connectivity index (χ1v) is 14.2. The third kappa shape index (κ3) is 7.91. The SMILES string of the molecule is CC(C)(C)OC(=O)N[C@H]1CS(=O)(=O)c2cc(F)c(/C(N)=N/OC(=O)C(C)(C)F)cc2N(Cc2ccc(Cl)cc2)C1=O. The molecule has 2 aromatic rings. The van der Waals surface area contributed by atoms with Crippen LogP contribution in [0.1, 0.15) is 45.7 Å². The minimum absolute atomic E-state index is 0.224. The fourth-order valence-electron chi connectivity index (χ4n) is 3.62. The first kappa shape index (κ1) is 31.7. The van der Waals surface area contributed by atoms with Gasteiger partial charge in [-0.3, -0.25) is 4.79 Å². The van der Waals surface area contributed by atoms with E-state index in [2.05, 4.69) is 15.3 Å². The molecule has 0 saturated heterocycles. The van der Waals surface area contributed by atoms with Crippen LogP contribution in [0.25, 0.3) is 0 Å². The van der Waals surface area contributed by atoms with Gasteiger partial charge in [0.2, 0.25) is 5.67 Å². The molecule has 0 spiro atoms. The maximum absolute atomic E-state index is 15.2. The Hall–Kier alpha value is -3.78. The number of amidine groups is 1. The minimum atomic E-state index is -4.40. The van der Waals surface area contributed by atoms with Gasteiger partial charge >= 0.3 is 12.1 Å². The van der Waals surface area contributed by atoms with Crippen molar-refractivity contribution in [2.45, 2.75) is 63.4 Å². The lowest BCUT2D eigenvalue weighted by Crippen LogP contribution is -2.51. The summed E-state index contributed by atoms with van der Waals surface area (Å²) in [5.41, 5.74) is 2.11. The molecule has 11 nitrogen and oxygen atoms in total. The molecule has 1 aliphatic heterocycles. The number of alkyl halides is 1. The molecule has 1 aliphatic rings. The van der Waals surface area contributed by atoms with Crippen LogP contribution in [-0.4, -0.2) is 55.3 Å². The van der Waals surface area contributed by atoms with E-state index in [4.69, 9.17) is 22.1 Å². The fraction of sp³-hybridized carbons (Fsp3) is 0.385. The molecule has 3 rings (SSSR count). The molecule has 222 valence electrons. The molecule has 0 unspecified atom stereocenters. The molecule has 1 atom stereocenters. The summed E-state index contributed by atoms with van der Waals surface area (Å²) in [6, 6.07) is 6.25. The predicted molar refractivity (Wildman–Crippen MR) is 146 cm³/mol. The van der Waals surface area contributed by atoms with E-state index in [1.54, 1.807) is 45.0 Å². The van der Waals surface area contributed by atoms with Gasteiger partial charge in [-0.1, -0.05) is 28.9 Å². The number of nitrogens with zero attached hydrogens (tertiary/aromatic N) is 2. The topological polar surface area (TPSA) is 157 Å². The number of amides is 2. The van der Waals surface area contributed by atoms with Crippen molar-refractivity contribution in [1.29, 1.82) is 0 Å². The van der Waals surface area contributed by atoms with Crippen LogP contribution in [-0.2, 0) is 35.5 Å². The van der Waals surface area contributed by atoms with Crippen LogP contribution in [0.2, 0.25) is 5.02 Å². The highest BCUT2D eigenvalue weighted by molar-refractivity contribution is 7.91. The molecule has 2 aromatic carbocycles. The summed E-state index contributed by atoms with van der Waals surface area (Å²) in [5, 5.41) is 5.98. The molecule has 15 heteroatoms. The Labute approximate surface area is 240 Å². The first-order valence-electron chi connectivity index (χ1n) is 12.1. The molecular weight excluding hydrogens is 586 g/mol. The van der Waals surface area contributed by atoms with Gasteiger partial charge in [-0.05, 0) is 64.4 Å². The molecule has 0 bridgehead atoms.